The first-order valence-electron chi connectivity index (χ1n) is 13.6. The monoisotopic (exact) mass is 506 g/mol. The first kappa shape index (κ1) is 25.9. The molecule has 1 saturated heterocycles. The Bertz CT molecular complexity index is 1270. The molecule has 198 valence electrons. The first-order chi connectivity index (χ1) is 17.7. The van der Waals surface area contributed by atoms with Crippen LogP contribution in [-0.4, -0.2) is 69.2 Å². The molecule has 3 heterocycles. The molecule has 1 aliphatic heterocycles. The second-order valence-electron chi connectivity index (χ2n) is 11.5. The highest BCUT2D eigenvalue weighted by Crippen LogP contribution is 2.33. The van der Waals surface area contributed by atoms with Crippen LogP contribution in [0.15, 0.2) is 36.8 Å². The zero-order valence-corrected chi connectivity index (χ0v) is 22.5. The molecule has 6 nitrogen and oxygen atoms in total. The topological polar surface area (TPSA) is 61.6 Å². The summed E-state index contributed by atoms with van der Waals surface area (Å²) in [5.41, 5.74) is 4.34. The maximum atomic E-state index is 14.3. The Hall–Kier alpha value is -2.77. The number of likely N-dealkylation sites (tertiary alicyclic amines) is 1. The van der Waals surface area contributed by atoms with Crippen molar-refractivity contribution in [2.75, 3.05) is 26.7 Å². The van der Waals surface area contributed by atoms with Crippen molar-refractivity contribution in [3.63, 3.8) is 0 Å². The van der Waals surface area contributed by atoms with Crippen molar-refractivity contribution in [3.8, 4) is 5.69 Å². The fraction of sp³-hybridized carbons (Fsp3) is 0.533. The van der Waals surface area contributed by atoms with Crippen molar-refractivity contribution in [1.29, 1.82) is 0 Å². The van der Waals surface area contributed by atoms with E-state index in [-0.39, 0.29) is 18.1 Å². The van der Waals surface area contributed by atoms with Crippen molar-refractivity contribution >= 4 is 16.8 Å². The fourth-order valence-electron chi connectivity index (χ4n) is 6.07. The Morgan fingerprint density at radius 3 is 2.59 bits per heavy atom. The number of aromatic nitrogens is 2. The van der Waals surface area contributed by atoms with E-state index in [0.717, 1.165) is 62.8 Å². The lowest BCUT2D eigenvalue weighted by atomic mass is 9.85. The summed E-state index contributed by atoms with van der Waals surface area (Å²) in [6, 6.07) is 4.47. The van der Waals surface area contributed by atoms with Gasteiger partial charge in [0, 0.05) is 50.5 Å². The average Bonchev–Trinajstić information content (AvgIpc) is 3.22. The number of hydrogen-bond acceptors (Lipinski definition) is 4. The predicted molar refractivity (Wildman–Crippen MR) is 145 cm³/mol. The van der Waals surface area contributed by atoms with Gasteiger partial charge >= 0.3 is 0 Å². The largest absolute Gasteiger partial charge is 0.393 e. The number of carbonyl (C=O) groups excluding carboxylic acids is 1. The number of halogens is 1. The molecule has 1 aliphatic carbocycles. The minimum atomic E-state index is -0.419. The first-order valence-corrected chi connectivity index (χ1v) is 13.6. The van der Waals surface area contributed by atoms with Crippen LogP contribution in [0.3, 0.4) is 0 Å². The van der Waals surface area contributed by atoms with Gasteiger partial charge in [-0.1, -0.05) is 0 Å². The van der Waals surface area contributed by atoms with Crippen LogP contribution in [-0.2, 0) is 6.42 Å². The smallest absolute Gasteiger partial charge is 0.256 e. The third-order valence-corrected chi connectivity index (χ3v) is 8.40. The SMILES string of the molecule is Cc1cncc2c1c(CC1CN(CC3CCC(O)CC3)C1)cn2-c1ccc(F)cc1C(=O)N(C)C(C)C. The average molecular weight is 507 g/mol. The molecule has 1 saturated carbocycles. The van der Waals surface area contributed by atoms with E-state index in [2.05, 4.69) is 23.0 Å². The summed E-state index contributed by atoms with van der Waals surface area (Å²) in [5, 5.41) is 11.0. The number of pyridine rings is 1. The number of carbonyl (C=O) groups is 1. The Balaban J connectivity index is 1.40. The molecule has 2 aliphatic rings. The van der Waals surface area contributed by atoms with Crippen molar-refractivity contribution in [1.82, 2.24) is 19.4 Å². The molecule has 1 N–H and O–H groups in total. The van der Waals surface area contributed by atoms with E-state index < -0.39 is 5.82 Å². The molecule has 1 aromatic carbocycles. The second kappa shape index (κ2) is 10.5. The van der Waals surface area contributed by atoms with Crippen molar-refractivity contribution in [2.45, 2.75) is 65.0 Å². The summed E-state index contributed by atoms with van der Waals surface area (Å²) < 4.78 is 16.3. The lowest BCUT2D eigenvalue weighted by Gasteiger charge is -2.42. The maximum absolute atomic E-state index is 14.3. The van der Waals surface area contributed by atoms with Gasteiger partial charge in [-0.3, -0.25) is 9.78 Å². The van der Waals surface area contributed by atoms with Crippen LogP contribution in [0.4, 0.5) is 4.39 Å². The van der Waals surface area contributed by atoms with Gasteiger partial charge in [-0.25, -0.2) is 4.39 Å². The zero-order chi connectivity index (χ0) is 26.3. The predicted octanol–water partition coefficient (Wildman–Crippen LogP) is 4.98. The highest BCUT2D eigenvalue weighted by Gasteiger charge is 2.31. The van der Waals surface area contributed by atoms with Gasteiger partial charge in [-0.2, -0.15) is 0 Å². The second-order valence-corrected chi connectivity index (χ2v) is 11.5. The third-order valence-electron chi connectivity index (χ3n) is 8.40. The number of aliphatic hydroxyl groups is 1. The Labute approximate surface area is 219 Å². The van der Waals surface area contributed by atoms with E-state index in [9.17, 15) is 14.3 Å². The van der Waals surface area contributed by atoms with E-state index in [0.29, 0.717) is 23.1 Å². The fourth-order valence-corrected chi connectivity index (χ4v) is 6.07. The molecular weight excluding hydrogens is 467 g/mol. The molecule has 0 radical (unpaired) electrons. The van der Waals surface area contributed by atoms with Crippen molar-refractivity contribution < 1.29 is 14.3 Å². The summed E-state index contributed by atoms with van der Waals surface area (Å²) >= 11 is 0. The van der Waals surface area contributed by atoms with Gasteiger partial charge in [0.25, 0.3) is 5.91 Å². The molecule has 0 bridgehead atoms. The van der Waals surface area contributed by atoms with Gasteiger partial charge in [0.1, 0.15) is 5.82 Å². The molecule has 0 unspecified atom stereocenters. The zero-order valence-electron chi connectivity index (χ0n) is 22.5. The third kappa shape index (κ3) is 5.30. The Morgan fingerprint density at radius 2 is 1.89 bits per heavy atom. The molecule has 7 heteroatoms. The van der Waals surface area contributed by atoms with E-state index >= 15 is 0 Å². The number of fused-ring (bicyclic) bond motifs is 1. The van der Waals surface area contributed by atoms with E-state index in [4.69, 9.17) is 0 Å². The maximum Gasteiger partial charge on any atom is 0.256 e. The van der Waals surface area contributed by atoms with Crippen LogP contribution in [0.2, 0.25) is 0 Å². The summed E-state index contributed by atoms with van der Waals surface area (Å²) in [4.78, 5) is 21.9. The standard InChI is InChI=1S/C30H39FN4O2/c1-19(2)33(4)30(37)26-12-24(31)7-10-27(26)35-18-23(29-20(3)13-32-14-28(29)35)11-22-16-34(17-22)15-21-5-8-25(36)9-6-21/h7,10,12-14,18-19,21-22,25,36H,5-6,8-9,11,15-17H2,1-4H3. The molecule has 3 aromatic rings. The number of hydrogen-bond donors (Lipinski definition) is 1. The number of amides is 1. The lowest BCUT2D eigenvalue weighted by molar-refractivity contribution is 0.0512. The van der Waals surface area contributed by atoms with Gasteiger partial charge in [-0.15, -0.1) is 0 Å². The Kier molecular flexibility index (Phi) is 7.37. The molecule has 2 aromatic heterocycles. The van der Waals surface area contributed by atoms with E-state index in [1.54, 1.807) is 18.0 Å². The van der Waals surface area contributed by atoms with Gasteiger partial charge in [0.05, 0.1) is 29.1 Å². The van der Waals surface area contributed by atoms with Crippen LogP contribution in [0, 0.1) is 24.6 Å². The number of rotatable bonds is 7. The number of aliphatic hydroxyl groups excluding tert-OH is 1. The molecule has 37 heavy (non-hydrogen) atoms. The molecule has 0 atom stereocenters. The van der Waals surface area contributed by atoms with Gasteiger partial charge in [0.2, 0.25) is 0 Å². The molecule has 0 spiro atoms. The van der Waals surface area contributed by atoms with Gasteiger partial charge in [0.15, 0.2) is 0 Å². The van der Waals surface area contributed by atoms with Crippen LogP contribution in [0.5, 0.6) is 0 Å². The van der Waals surface area contributed by atoms with Crippen LogP contribution >= 0.6 is 0 Å². The van der Waals surface area contributed by atoms with E-state index in [1.165, 1.54) is 23.1 Å². The summed E-state index contributed by atoms with van der Waals surface area (Å²) in [6.07, 6.45) is 10.9. The summed E-state index contributed by atoms with van der Waals surface area (Å²) in [7, 11) is 1.75. The number of benzene rings is 1. The van der Waals surface area contributed by atoms with Crippen LogP contribution in [0.1, 0.15) is 61.0 Å². The molecule has 1 amide bonds. The Morgan fingerprint density at radius 1 is 1.16 bits per heavy atom. The van der Waals surface area contributed by atoms with Crippen LogP contribution < -0.4 is 0 Å². The van der Waals surface area contributed by atoms with Gasteiger partial charge in [-0.05, 0) is 94.0 Å². The van der Waals surface area contributed by atoms with E-state index in [1.807, 2.05) is 30.8 Å². The summed E-state index contributed by atoms with van der Waals surface area (Å²) in [6.45, 7) is 9.31. The van der Waals surface area contributed by atoms with Crippen molar-refractivity contribution in [3.05, 3.63) is 59.3 Å². The van der Waals surface area contributed by atoms with Crippen LogP contribution in [0.25, 0.3) is 16.6 Å². The minimum Gasteiger partial charge on any atom is -0.393 e. The molecule has 5 rings (SSSR count). The van der Waals surface area contributed by atoms with Gasteiger partial charge < -0.3 is 19.5 Å². The van der Waals surface area contributed by atoms with Crippen molar-refractivity contribution in [2.24, 2.45) is 11.8 Å². The quantitative estimate of drug-likeness (QED) is 0.491. The lowest BCUT2D eigenvalue weighted by Crippen LogP contribution is -2.49. The molecule has 2 fully saturated rings. The normalized spacial score (nSPS) is 20.9. The molecular formula is C30H39FN4O2. The number of aryl methyl sites for hydroxylation is 1. The highest BCUT2D eigenvalue weighted by molar-refractivity contribution is 5.99. The minimum absolute atomic E-state index is 0.00438. The number of nitrogens with zero attached hydrogens (tertiary/aromatic N) is 4. The summed E-state index contributed by atoms with van der Waals surface area (Å²) in [5.74, 6) is 0.677. The highest BCUT2D eigenvalue weighted by atomic mass is 19.1.